The summed E-state index contributed by atoms with van der Waals surface area (Å²) in [6, 6.07) is 0. The molecule has 0 unspecified atom stereocenters. The van der Waals surface area contributed by atoms with Crippen LogP contribution in [0, 0.1) is 0 Å². The maximum atomic E-state index is 11.7. The molecule has 7 nitrogen and oxygen atoms in total. The minimum Gasteiger partial charge on any atom is -0.383 e. The fraction of sp³-hybridized carbons (Fsp3) is 0.143. The summed E-state index contributed by atoms with van der Waals surface area (Å²) in [6.45, 7) is 0.135. The predicted molar refractivity (Wildman–Crippen MR) is 59.1 cm³/mol. The van der Waals surface area contributed by atoms with Gasteiger partial charge in [-0.05, 0) is 0 Å². The molecule has 0 aromatic carbocycles. The van der Waals surface area contributed by atoms with Gasteiger partial charge in [-0.25, -0.2) is 18.1 Å². The topological polar surface area (TPSA) is 114 Å². The van der Waals surface area contributed by atoms with Crippen LogP contribution in [0.5, 0.6) is 0 Å². The SMILES string of the molecule is Nc1[nH]ncc1S(=O)(=O)NCc1cscn1. The van der Waals surface area contributed by atoms with Crippen molar-refractivity contribution in [1.82, 2.24) is 19.9 Å². The van der Waals surface area contributed by atoms with Crippen LogP contribution in [0.15, 0.2) is 22.0 Å². The quantitative estimate of drug-likeness (QED) is 0.711. The third-order valence-electron chi connectivity index (χ3n) is 1.85. The van der Waals surface area contributed by atoms with E-state index in [1.807, 2.05) is 0 Å². The third kappa shape index (κ3) is 2.21. The number of sulfonamides is 1. The molecule has 4 N–H and O–H groups in total. The second kappa shape index (κ2) is 4.20. The van der Waals surface area contributed by atoms with Gasteiger partial charge in [0.1, 0.15) is 10.7 Å². The van der Waals surface area contributed by atoms with Crippen LogP contribution in [0.25, 0.3) is 0 Å². The molecule has 86 valence electrons. The Bertz CT molecular complexity index is 559. The lowest BCUT2D eigenvalue weighted by atomic mass is 10.5. The van der Waals surface area contributed by atoms with Gasteiger partial charge < -0.3 is 5.73 Å². The van der Waals surface area contributed by atoms with Crippen molar-refractivity contribution in [2.75, 3.05) is 5.73 Å². The van der Waals surface area contributed by atoms with Crippen molar-refractivity contribution in [3.63, 3.8) is 0 Å². The van der Waals surface area contributed by atoms with Crippen LogP contribution in [-0.2, 0) is 16.6 Å². The van der Waals surface area contributed by atoms with Gasteiger partial charge >= 0.3 is 0 Å². The Hall–Kier alpha value is -1.45. The number of aromatic nitrogens is 3. The van der Waals surface area contributed by atoms with Crippen molar-refractivity contribution in [3.8, 4) is 0 Å². The number of rotatable bonds is 4. The molecule has 0 aliphatic heterocycles. The number of nitrogens with one attached hydrogen (secondary N) is 2. The van der Waals surface area contributed by atoms with Crippen molar-refractivity contribution in [2.45, 2.75) is 11.4 Å². The first-order chi connectivity index (χ1) is 7.59. The Morgan fingerprint density at radius 2 is 2.38 bits per heavy atom. The highest BCUT2D eigenvalue weighted by Gasteiger charge is 2.18. The molecule has 0 bridgehead atoms. The molecule has 2 aromatic rings. The molecule has 0 spiro atoms. The van der Waals surface area contributed by atoms with E-state index < -0.39 is 10.0 Å². The fourth-order valence-electron chi connectivity index (χ4n) is 1.07. The largest absolute Gasteiger partial charge is 0.383 e. The molecule has 16 heavy (non-hydrogen) atoms. The third-order valence-corrected chi connectivity index (χ3v) is 3.91. The summed E-state index contributed by atoms with van der Waals surface area (Å²) in [5.41, 5.74) is 7.72. The number of nitrogen functional groups attached to an aromatic ring is 1. The minimum atomic E-state index is -3.63. The van der Waals surface area contributed by atoms with Gasteiger partial charge in [-0.15, -0.1) is 11.3 Å². The normalized spacial score (nSPS) is 11.8. The van der Waals surface area contributed by atoms with E-state index in [0.717, 1.165) is 0 Å². The summed E-state index contributed by atoms with van der Waals surface area (Å²) in [5, 5.41) is 7.68. The molecule has 0 saturated heterocycles. The zero-order valence-electron chi connectivity index (χ0n) is 8.04. The summed E-state index contributed by atoms with van der Waals surface area (Å²) in [5.74, 6) is 0.0192. The summed E-state index contributed by atoms with van der Waals surface area (Å²) in [6.07, 6.45) is 1.17. The Kier molecular flexibility index (Phi) is 2.90. The van der Waals surface area contributed by atoms with E-state index >= 15 is 0 Å². The van der Waals surface area contributed by atoms with Gasteiger partial charge in [0.25, 0.3) is 0 Å². The van der Waals surface area contributed by atoms with E-state index in [1.165, 1.54) is 17.5 Å². The Balaban J connectivity index is 2.13. The lowest BCUT2D eigenvalue weighted by molar-refractivity contribution is 0.581. The van der Waals surface area contributed by atoms with Crippen LogP contribution < -0.4 is 10.5 Å². The monoisotopic (exact) mass is 259 g/mol. The van der Waals surface area contributed by atoms with Gasteiger partial charge in [0.05, 0.1) is 23.9 Å². The van der Waals surface area contributed by atoms with Crippen LogP contribution in [0.4, 0.5) is 5.82 Å². The standard InChI is InChI=1S/C7H9N5O2S2/c8-7-6(2-10-12-7)16(13,14)11-1-5-3-15-4-9-5/h2-4,11H,1H2,(H3,8,10,12). The molecule has 9 heteroatoms. The molecule has 0 amide bonds. The Morgan fingerprint density at radius 3 is 2.94 bits per heavy atom. The number of nitrogens with two attached hydrogens (primary N) is 1. The number of hydrogen-bond acceptors (Lipinski definition) is 6. The maximum Gasteiger partial charge on any atom is 0.246 e. The molecule has 2 heterocycles. The van der Waals surface area contributed by atoms with E-state index in [1.54, 1.807) is 10.9 Å². The predicted octanol–water partition coefficient (Wildman–Crippen LogP) is -0.0731. The number of H-pyrrole nitrogens is 1. The zero-order valence-corrected chi connectivity index (χ0v) is 9.68. The van der Waals surface area contributed by atoms with Crippen LogP contribution in [0.3, 0.4) is 0 Å². The van der Waals surface area contributed by atoms with Crippen LogP contribution in [0.1, 0.15) is 5.69 Å². The Morgan fingerprint density at radius 1 is 1.56 bits per heavy atom. The average Bonchev–Trinajstić information content (AvgIpc) is 2.85. The lowest BCUT2D eigenvalue weighted by Gasteiger charge is -2.03. The first-order valence-electron chi connectivity index (χ1n) is 4.25. The van der Waals surface area contributed by atoms with Gasteiger partial charge in [-0.2, -0.15) is 5.10 Å². The molecule has 0 saturated carbocycles. The molecule has 0 fully saturated rings. The number of anilines is 1. The highest BCUT2D eigenvalue weighted by molar-refractivity contribution is 7.89. The molecular weight excluding hydrogens is 250 g/mol. The van der Waals surface area contributed by atoms with Gasteiger partial charge in [0.2, 0.25) is 10.0 Å². The maximum absolute atomic E-state index is 11.7. The average molecular weight is 259 g/mol. The van der Waals surface area contributed by atoms with E-state index in [-0.39, 0.29) is 17.3 Å². The van der Waals surface area contributed by atoms with Crippen molar-refractivity contribution in [3.05, 3.63) is 22.8 Å². The summed E-state index contributed by atoms with van der Waals surface area (Å²) in [7, 11) is -3.63. The lowest BCUT2D eigenvalue weighted by Crippen LogP contribution is -2.23. The molecule has 0 aliphatic carbocycles. The molecule has 0 aliphatic rings. The summed E-state index contributed by atoms with van der Waals surface area (Å²) < 4.78 is 25.8. The second-order valence-electron chi connectivity index (χ2n) is 2.95. The number of thiazole rings is 1. The molecule has 0 radical (unpaired) electrons. The second-order valence-corrected chi connectivity index (χ2v) is 5.41. The van der Waals surface area contributed by atoms with Crippen molar-refractivity contribution in [1.29, 1.82) is 0 Å². The highest BCUT2D eigenvalue weighted by Crippen LogP contribution is 2.14. The van der Waals surface area contributed by atoms with Crippen molar-refractivity contribution < 1.29 is 8.42 Å². The van der Waals surface area contributed by atoms with Gasteiger partial charge in [-0.3, -0.25) is 5.10 Å². The van der Waals surface area contributed by atoms with Crippen LogP contribution in [0.2, 0.25) is 0 Å². The van der Waals surface area contributed by atoms with Gasteiger partial charge in [0.15, 0.2) is 0 Å². The van der Waals surface area contributed by atoms with E-state index in [2.05, 4.69) is 19.9 Å². The smallest absolute Gasteiger partial charge is 0.246 e. The van der Waals surface area contributed by atoms with E-state index in [9.17, 15) is 8.42 Å². The first kappa shape index (κ1) is 11.0. The summed E-state index contributed by atoms with van der Waals surface area (Å²) in [4.78, 5) is 3.91. The van der Waals surface area contributed by atoms with Gasteiger partial charge in [0, 0.05) is 5.38 Å². The molecule has 2 rings (SSSR count). The summed E-state index contributed by atoms with van der Waals surface area (Å²) >= 11 is 1.40. The molecule has 0 atom stereocenters. The van der Waals surface area contributed by atoms with E-state index in [0.29, 0.717) is 5.69 Å². The van der Waals surface area contributed by atoms with Crippen molar-refractivity contribution in [2.24, 2.45) is 0 Å². The van der Waals surface area contributed by atoms with Crippen LogP contribution in [-0.4, -0.2) is 23.6 Å². The zero-order chi connectivity index (χ0) is 11.6. The number of nitrogens with zero attached hydrogens (tertiary/aromatic N) is 2. The fourth-order valence-corrected chi connectivity index (χ4v) is 2.65. The van der Waals surface area contributed by atoms with Crippen molar-refractivity contribution >= 4 is 27.2 Å². The van der Waals surface area contributed by atoms with E-state index in [4.69, 9.17) is 5.73 Å². The molecular formula is C7H9N5O2S2. The van der Waals surface area contributed by atoms with Gasteiger partial charge in [-0.1, -0.05) is 0 Å². The number of aromatic amines is 1. The number of hydrogen-bond donors (Lipinski definition) is 3. The minimum absolute atomic E-state index is 0.0192. The first-order valence-corrected chi connectivity index (χ1v) is 6.68. The van der Waals surface area contributed by atoms with Crippen LogP contribution >= 0.6 is 11.3 Å². The molecule has 2 aromatic heterocycles. The Labute approximate surface area is 95.8 Å². The highest BCUT2D eigenvalue weighted by atomic mass is 32.2.